The molecule has 1 aromatic rings. The highest BCUT2D eigenvalue weighted by molar-refractivity contribution is 5.33. The summed E-state index contributed by atoms with van der Waals surface area (Å²) in [5, 5.41) is 3.89. The van der Waals surface area contributed by atoms with Crippen LogP contribution in [0, 0.1) is 5.92 Å². The minimum absolute atomic E-state index is 0.700. The Bertz CT molecular complexity index is 352. The van der Waals surface area contributed by atoms with Crippen molar-refractivity contribution in [1.29, 1.82) is 0 Å². The first kappa shape index (κ1) is 11.3. The quantitative estimate of drug-likeness (QED) is 0.820. The summed E-state index contributed by atoms with van der Waals surface area (Å²) in [5.41, 5.74) is 3.13. The van der Waals surface area contributed by atoms with Crippen molar-refractivity contribution in [2.24, 2.45) is 5.92 Å². The fourth-order valence-corrected chi connectivity index (χ4v) is 3.44. The third-order valence-electron chi connectivity index (χ3n) is 4.54. The van der Waals surface area contributed by atoms with Crippen molar-refractivity contribution >= 4 is 0 Å². The molecule has 92 valence electrons. The normalized spacial score (nSPS) is 29.2. The number of rotatable bonds is 2. The van der Waals surface area contributed by atoms with Crippen LogP contribution in [0.3, 0.4) is 0 Å². The minimum atomic E-state index is 0.700. The first-order valence-corrected chi connectivity index (χ1v) is 7.14. The maximum atomic E-state index is 3.89. The second kappa shape index (κ2) is 4.81. The highest BCUT2D eigenvalue weighted by Gasteiger charge is 2.25. The first-order valence-electron chi connectivity index (χ1n) is 7.14. The molecule has 1 saturated carbocycles. The van der Waals surface area contributed by atoms with E-state index < -0.39 is 0 Å². The lowest BCUT2D eigenvalue weighted by Crippen LogP contribution is -2.40. The number of benzene rings is 1. The molecule has 1 nitrogen and oxygen atoms in total. The van der Waals surface area contributed by atoms with Crippen molar-refractivity contribution in [3.63, 3.8) is 0 Å². The molecule has 1 N–H and O–H groups in total. The van der Waals surface area contributed by atoms with Gasteiger partial charge in [0, 0.05) is 12.1 Å². The van der Waals surface area contributed by atoms with E-state index in [1.165, 1.54) is 38.5 Å². The largest absolute Gasteiger partial charge is 0.311 e. The fraction of sp³-hybridized carbons (Fsp3) is 0.625. The van der Waals surface area contributed by atoms with Crippen LogP contribution in [0.5, 0.6) is 0 Å². The van der Waals surface area contributed by atoms with E-state index in [1.807, 2.05) is 0 Å². The zero-order valence-electron chi connectivity index (χ0n) is 10.8. The van der Waals surface area contributed by atoms with Gasteiger partial charge in [-0.15, -0.1) is 0 Å². The Morgan fingerprint density at radius 3 is 2.06 bits per heavy atom. The molecule has 1 fully saturated rings. The molecule has 17 heavy (non-hydrogen) atoms. The maximum absolute atomic E-state index is 3.89. The number of hydrogen-bond acceptors (Lipinski definition) is 1. The van der Waals surface area contributed by atoms with Gasteiger partial charge in [0.25, 0.3) is 0 Å². The van der Waals surface area contributed by atoms with E-state index in [2.05, 4.69) is 36.5 Å². The van der Waals surface area contributed by atoms with Gasteiger partial charge in [0.15, 0.2) is 0 Å². The highest BCUT2D eigenvalue weighted by Crippen LogP contribution is 2.26. The molecule has 0 amide bonds. The van der Waals surface area contributed by atoms with Gasteiger partial charge in [-0.05, 0) is 55.6 Å². The van der Waals surface area contributed by atoms with Crippen molar-refractivity contribution < 1.29 is 0 Å². The van der Waals surface area contributed by atoms with E-state index in [1.54, 1.807) is 11.1 Å². The summed E-state index contributed by atoms with van der Waals surface area (Å²) < 4.78 is 0. The van der Waals surface area contributed by atoms with Gasteiger partial charge in [-0.1, -0.05) is 31.2 Å². The summed E-state index contributed by atoms with van der Waals surface area (Å²) in [7, 11) is 0. The second-order valence-corrected chi connectivity index (χ2v) is 6.00. The average Bonchev–Trinajstić information content (AvgIpc) is 2.74. The predicted molar refractivity (Wildman–Crippen MR) is 72.2 cm³/mol. The highest BCUT2D eigenvalue weighted by atomic mass is 15.0. The predicted octanol–water partition coefficient (Wildman–Crippen LogP) is 3.32. The summed E-state index contributed by atoms with van der Waals surface area (Å²) >= 11 is 0. The van der Waals surface area contributed by atoms with Crippen LogP contribution in [-0.4, -0.2) is 12.1 Å². The van der Waals surface area contributed by atoms with Crippen LogP contribution < -0.4 is 5.32 Å². The molecule has 1 aromatic carbocycles. The molecule has 2 aliphatic carbocycles. The molecule has 0 atom stereocenters. The maximum Gasteiger partial charge on any atom is 0.0151 e. The monoisotopic (exact) mass is 229 g/mol. The van der Waals surface area contributed by atoms with Gasteiger partial charge in [0.2, 0.25) is 0 Å². The van der Waals surface area contributed by atoms with E-state index in [0.29, 0.717) is 6.04 Å². The fourth-order valence-electron chi connectivity index (χ4n) is 3.44. The van der Waals surface area contributed by atoms with Crippen molar-refractivity contribution in [2.75, 3.05) is 0 Å². The van der Waals surface area contributed by atoms with E-state index in [4.69, 9.17) is 0 Å². The van der Waals surface area contributed by atoms with Gasteiger partial charge < -0.3 is 5.32 Å². The van der Waals surface area contributed by atoms with Crippen LogP contribution in [0.1, 0.15) is 43.7 Å². The summed E-state index contributed by atoms with van der Waals surface area (Å²) in [4.78, 5) is 0. The Hall–Kier alpha value is -0.820. The first-order chi connectivity index (χ1) is 8.31. The van der Waals surface area contributed by atoms with Gasteiger partial charge in [-0.2, -0.15) is 0 Å². The Labute approximate surface area is 105 Å². The Morgan fingerprint density at radius 2 is 1.47 bits per heavy atom. The van der Waals surface area contributed by atoms with Crippen LogP contribution in [0.2, 0.25) is 0 Å². The molecule has 0 aliphatic heterocycles. The molecule has 0 radical (unpaired) electrons. The molecule has 2 aliphatic rings. The minimum Gasteiger partial charge on any atom is -0.311 e. The van der Waals surface area contributed by atoms with Gasteiger partial charge in [-0.3, -0.25) is 0 Å². The lowest BCUT2D eigenvalue weighted by molar-refractivity contribution is 0.288. The van der Waals surface area contributed by atoms with Gasteiger partial charge in [0.05, 0.1) is 0 Å². The lowest BCUT2D eigenvalue weighted by atomic mass is 9.87. The lowest BCUT2D eigenvalue weighted by Gasteiger charge is -2.29. The zero-order valence-corrected chi connectivity index (χ0v) is 10.8. The van der Waals surface area contributed by atoms with Crippen molar-refractivity contribution in [3.8, 4) is 0 Å². The second-order valence-electron chi connectivity index (χ2n) is 6.00. The molecule has 0 aromatic heterocycles. The van der Waals surface area contributed by atoms with E-state index in [0.717, 1.165) is 12.0 Å². The van der Waals surface area contributed by atoms with Crippen LogP contribution in [0.4, 0.5) is 0 Å². The molecule has 0 heterocycles. The zero-order chi connectivity index (χ0) is 11.7. The van der Waals surface area contributed by atoms with Crippen molar-refractivity contribution in [1.82, 2.24) is 5.32 Å². The Kier molecular flexibility index (Phi) is 3.19. The summed E-state index contributed by atoms with van der Waals surface area (Å²) in [6.07, 6.45) is 8.07. The van der Waals surface area contributed by atoms with Gasteiger partial charge in [-0.25, -0.2) is 0 Å². The Morgan fingerprint density at radius 1 is 0.882 bits per heavy atom. The Balaban J connectivity index is 1.55. The number of nitrogens with one attached hydrogen (secondary N) is 1. The molecule has 0 spiro atoms. The summed E-state index contributed by atoms with van der Waals surface area (Å²) in [6.45, 7) is 2.39. The molecule has 3 rings (SSSR count). The molecule has 1 heteroatoms. The smallest absolute Gasteiger partial charge is 0.0151 e. The van der Waals surface area contributed by atoms with Crippen molar-refractivity contribution in [2.45, 2.75) is 57.5 Å². The van der Waals surface area contributed by atoms with E-state index >= 15 is 0 Å². The number of fused-ring (bicyclic) bond motifs is 1. The number of hydrogen-bond donors (Lipinski definition) is 1. The van der Waals surface area contributed by atoms with Crippen LogP contribution in [0.15, 0.2) is 24.3 Å². The molecule has 0 bridgehead atoms. The van der Waals surface area contributed by atoms with Crippen LogP contribution in [-0.2, 0) is 12.8 Å². The van der Waals surface area contributed by atoms with Crippen LogP contribution in [0.25, 0.3) is 0 Å². The molecular weight excluding hydrogens is 206 g/mol. The van der Waals surface area contributed by atoms with Crippen LogP contribution >= 0.6 is 0 Å². The van der Waals surface area contributed by atoms with Gasteiger partial charge >= 0.3 is 0 Å². The summed E-state index contributed by atoms with van der Waals surface area (Å²) in [6, 6.07) is 10.4. The topological polar surface area (TPSA) is 12.0 Å². The third kappa shape index (κ3) is 2.55. The van der Waals surface area contributed by atoms with Gasteiger partial charge in [0.1, 0.15) is 0 Å². The SMILES string of the molecule is CC1CCC(NC2Cc3ccccc3C2)CC1. The molecule has 0 unspecified atom stereocenters. The standard InChI is InChI=1S/C16H23N/c1-12-6-8-15(9-7-12)17-16-10-13-4-2-3-5-14(13)11-16/h2-5,12,15-17H,6-11H2,1H3. The molecule has 0 saturated heterocycles. The van der Waals surface area contributed by atoms with E-state index in [-0.39, 0.29) is 0 Å². The third-order valence-corrected chi connectivity index (χ3v) is 4.54. The van der Waals surface area contributed by atoms with Crippen molar-refractivity contribution in [3.05, 3.63) is 35.4 Å². The average molecular weight is 229 g/mol. The summed E-state index contributed by atoms with van der Waals surface area (Å²) in [5.74, 6) is 0.953. The molecular formula is C16H23N. The van der Waals surface area contributed by atoms with E-state index in [9.17, 15) is 0 Å².